The summed E-state index contributed by atoms with van der Waals surface area (Å²) in [6, 6.07) is 15.3. The van der Waals surface area contributed by atoms with E-state index in [4.69, 9.17) is 13.6 Å². The molecule has 28 heavy (non-hydrogen) atoms. The molecule has 4 rings (SSSR count). The molecule has 3 aromatic rings. The van der Waals surface area contributed by atoms with Crippen LogP contribution >= 0.6 is 0 Å². The number of hydrogen-bond donors (Lipinski definition) is 0. The molecule has 2 atom stereocenters. The first-order valence-electron chi connectivity index (χ1n) is 9.55. The van der Waals surface area contributed by atoms with E-state index in [-0.39, 0.29) is 0 Å². The summed E-state index contributed by atoms with van der Waals surface area (Å²) in [5.41, 5.74) is 0.301. The molecule has 1 aromatic carbocycles. The minimum Gasteiger partial charge on any atom is -0.486 e. The van der Waals surface area contributed by atoms with Gasteiger partial charge < -0.3 is 18.5 Å². The highest BCUT2D eigenvalue weighted by Gasteiger charge is 2.28. The summed E-state index contributed by atoms with van der Waals surface area (Å²) in [5, 5.41) is 9.51. The zero-order valence-electron chi connectivity index (χ0n) is 16.1. The lowest BCUT2D eigenvalue weighted by atomic mass is 9.92. The predicted octanol–water partition coefficient (Wildman–Crippen LogP) is 4.87. The van der Waals surface area contributed by atoms with Crippen LogP contribution in [0.3, 0.4) is 0 Å². The van der Waals surface area contributed by atoms with Crippen molar-refractivity contribution in [1.82, 2.24) is 4.98 Å². The minimum atomic E-state index is 0.301. The van der Waals surface area contributed by atoms with Crippen LogP contribution in [0.5, 0.6) is 5.75 Å². The Balaban J connectivity index is 1.51. The van der Waals surface area contributed by atoms with Crippen molar-refractivity contribution in [3.8, 4) is 23.5 Å². The summed E-state index contributed by atoms with van der Waals surface area (Å²) >= 11 is 0. The van der Waals surface area contributed by atoms with Crippen molar-refractivity contribution in [2.45, 2.75) is 26.9 Å². The van der Waals surface area contributed by atoms with Gasteiger partial charge >= 0.3 is 0 Å². The first-order valence-corrected chi connectivity index (χ1v) is 9.55. The van der Waals surface area contributed by atoms with Crippen molar-refractivity contribution >= 4 is 5.88 Å². The molecule has 144 valence electrons. The fourth-order valence-corrected chi connectivity index (χ4v) is 3.78. The van der Waals surface area contributed by atoms with Gasteiger partial charge in [0.1, 0.15) is 24.2 Å². The molecule has 1 saturated heterocycles. The van der Waals surface area contributed by atoms with E-state index in [1.807, 2.05) is 36.4 Å². The highest BCUT2D eigenvalue weighted by molar-refractivity contribution is 5.56. The zero-order valence-corrected chi connectivity index (χ0v) is 16.1. The SMILES string of the molecule is C[C@H]1C[C@H](C)CN(c2oc(-c3ccc(COc4ccccc4)o3)nc2C#N)C1. The van der Waals surface area contributed by atoms with E-state index in [2.05, 4.69) is 29.8 Å². The van der Waals surface area contributed by atoms with Gasteiger partial charge in [-0.15, -0.1) is 0 Å². The van der Waals surface area contributed by atoms with Gasteiger partial charge in [-0.25, -0.2) is 0 Å². The first-order chi connectivity index (χ1) is 13.6. The molecule has 1 aliphatic rings. The molecule has 0 N–H and O–H groups in total. The predicted molar refractivity (Wildman–Crippen MR) is 105 cm³/mol. The van der Waals surface area contributed by atoms with Crippen molar-refractivity contribution in [1.29, 1.82) is 5.26 Å². The van der Waals surface area contributed by atoms with Crippen molar-refractivity contribution in [3.05, 3.63) is 53.9 Å². The van der Waals surface area contributed by atoms with Crippen molar-refractivity contribution in [2.75, 3.05) is 18.0 Å². The molecule has 0 radical (unpaired) electrons. The van der Waals surface area contributed by atoms with Gasteiger partial charge in [-0.2, -0.15) is 10.2 Å². The van der Waals surface area contributed by atoms with Gasteiger partial charge in [-0.05, 0) is 42.5 Å². The average molecular weight is 377 g/mol. The van der Waals surface area contributed by atoms with Crippen LogP contribution < -0.4 is 9.64 Å². The van der Waals surface area contributed by atoms with Gasteiger partial charge in [0.05, 0.1) is 0 Å². The van der Waals surface area contributed by atoms with Crippen molar-refractivity contribution < 1.29 is 13.6 Å². The van der Waals surface area contributed by atoms with Gasteiger partial charge in [-0.3, -0.25) is 0 Å². The number of piperidine rings is 1. The van der Waals surface area contributed by atoms with E-state index in [1.165, 1.54) is 6.42 Å². The Morgan fingerprint density at radius 3 is 2.57 bits per heavy atom. The molecule has 0 aliphatic carbocycles. The van der Waals surface area contributed by atoms with Crippen LogP contribution in [0.25, 0.3) is 11.7 Å². The highest BCUT2D eigenvalue weighted by Crippen LogP contribution is 2.33. The second kappa shape index (κ2) is 7.81. The molecule has 0 saturated carbocycles. The van der Waals surface area contributed by atoms with Crippen molar-refractivity contribution in [3.63, 3.8) is 0 Å². The topological polar surface area (TPSA) is 75.4 Å². The Kier molecular flexibility index (Phi) is 5.07. The number of hydrogen-bond acceptors (Lipinski definition) is 6. The molecular weight excluding hydrogens is 354 g/mol. The molecule has 3 heterocycles. The third-order valence-electron chi connectivity index (χ3n) is 4.87. The maximum absolute atomic E-state index is 9.51. The third-order valence-corrected chi connectivity index (χ3v) is 4.87. The molecule has 6 heteroatoms. The Morgan fingerprint density at radius 2 is 1.86 bits per heavy atom. The van der Waals surface area contributed by atoms with Gasteiger partial charge in [0.25, 0.3) is 5.89 Å². The second-order valence-corrected chi connectivity index (χ2v) is 7.50. The summed E-state index contributed by atoms with van der Waals surface area (Å²) in [6.45, 7) is 6.48. The van der Waals surface area contributed by atoms with Gasteiger partial charge in [0, 0.05) is 13.1 Å². The number of benzene rings is 1. The van der Waals surface area contributed by atoms with Crippen LogP contribution in [-0.2, 0) is 6.61 Å². The fraction of sp³-hybridized carbons (Fsp3) is 0.364. The smallest absolute Gasteiger partial charge is 0.266 e. The zero-order chi connectivity index (χ0) is 19.5. The summed E-state index contributed by atoms with van der Waals surface area (Å²) in [5.74, 6) is 3.89. The molecule has 6 nitrogen and oxygen atoms in total. The van der Waals surface area contributed by atoms with E-state index < -0.39 is 0 Å². The average Bonchev–Trinajstić information content (AvgIpc) is 3.33. The van der Waals surface area contributed by atoms with Crippen LogP contribution in [0.4, 0.5) is 5.88 Å². The highest BCUT2D eigenvalue weighted by atomic mass is 16.5. The summed E-state index contributed by atoms with van der Waals surface area (Å²) in [4.78, 5) is 6.47. The van der Waals surface area contributed by atoms with Crippen molar-refractivity contribution in [2.24, 2.45) is 11.8 Å². The fourth-order valence-electron chi connectivity index (χ4n) is 3.78. The Morgan fingerprint density at radius 1 is 1.11 bits per heavy atom. The molecule has 0 unspecified atom stereocenters. The first kappa shape index (κ1) is 18.2. The molecule has 2 aromatic heterocycles. The number of anilines is 1. The number of nitriles is 1. The molecule has 0 amide bonds. The Labute approximate surface area is 164 Å². The lowest BCUT2D eigenvalue weighted by molar-refractivity contribution is 0.271. The van der Waals surface area contributed by atoms with Crippen LogP contribution in [0.15, 0.2) is 51.3 Å². The van der Waals surface area contributed by atoms with E-state index >= 15 is 0 Å². The Hall–Kier alpha value is -3.20. The lowest BCUT2D eigenvalue weighted by Gasteiger charge is -2.34. The number of rotatable bonds is 5. The minimum absolute atomic E-state index is 0.301. The third kappa shape index (κ3) is 3.89. The number of ether oxygens (including phenoxy) is 1. The van der Waals surface area contributed by atoms with Crippen LogP contribution in [-0.4, -0.2) is 18.1 Å². The standard InChI is InChI=1S/C22H23N3O3/c1-15-10-16(2)13-25(12-15)22-19(11-23)24-21(28-22)20-9-8-18(27-20)14-26-17-6-4-3-5-7-17/h3-9,15-16H,10,12-14H2,1-2H3/t15-,16-/m0/s1. The summed E-state index contributed by atoms with van der Waals surface area (Å²) in [6.07, 6.45) is 1.18. The molecule has 1 fully saturated rings. The van der Waals surface area contributed by atoms with E-state index in [0.29, 0.717) is 47.4 Å². The van der Waals surface area contributed by atoms with Crippen LogP contribution in [0.1, 0.15) is 31.7 Å². The summed E-state index contributed by atoms with van der Waals surface area (Å²) < 4.78 is 17.5. The van der Waals surface area contributed by atoms with E-state index in [1.54, 1.807) is 6.07 Å². The summed E-state index contributed by atoms with van der Waals surface area (Å²) in [7, 11) is 0. The lowest BCUT2D eigenvalue weighted by Crippen LogP contribution is -2.38. The molecule has 0 bridgehead atoms. The number of oxazole rings is 1. The number of para-hydroxylation sites is 1. The molecule has 0 spiro atoms. The maximum atomic E-state index is 9.51. The molecule has 1 aliphatic heterocycles. The largest absolute Gasteiger partial charge is 0.486 e. The second-order valence-electron chi connectivity index (χ2n) is 7.50. The van der Waals surface area contributed by atoms with E-state index in [0.717, 1.165) is 18.8 Å². The van der Waals surface area contributed by atoms with Crippen LogP contribution in [0.2, 0.25) is 0 Å². The van der Waals surface area contributed by atoms with Crippen LogP contribution in [0, 0.1) is 23.2 Å². The number of furan rings is 1. The van der Waals surface area contributed by atoms with Gasteiger partial charge in [0.15, 0.2) is 5.76 Å². The normalized spacial score (nSPS) is 19.4. The maximum Gasteiger partial charge on any atom is 0.266 e. The van der Waals surface area contributed by atoms with E-state index in [9.17, 15) is 5.26 Å². The Bertz CT molecular complexity index is 961. The number of aromatic nitrogens is 1. The van der Waals surface area contributed by atoms with Gasteiger partial charge in [-0.1, -0.05) is 32.0 Å². The number of nitrogens with zero attached hydrogens (tertiary/aromatic N) is 3. The quantitative estimate of drug-likeness (QED) is 0.631. The van der Waals surface area contributed by atoms with Gasteiger partial charge in [0.2, 0.25) is 11.6 Å². The monoisotopic (exact) mass is 377 g/mol. The molecular formula is C22H23N3O3.